The van der Waals surface area contributed by atoms with E-state index in [1.807, 2.05) is 20.8 Å². The number of rotatable bonds is 9. The molecule has 0 unspecified atom stereocenters. The zero-order valence-electron chi connectivity index (χ0n) is 24.0. The minimum atomic E-state index is -4.48. The molecule has 8 nitrogen and oxygen atoms in total. The van der Waals surface area contributed by atoms with Gasteiger partial charge in [0.2, 0.25) is 5.97 Å². The van der Waals surface area contributed by atoms with Gasteiger partial charge in [0, 0.05) is 41.3 Å². The lowest BCUT2D eigenvalue weighted by atomic mass is 9.96. The number of halogens is 5. The number of nitriles is 1. The van der Waals surface area contributed by atoms with Crippen molar-refractivity contribution in [2.24, 2.45) is 10.4 Å². The average Bonchev–Trinajstić information content (AvgIpc) is 3.60. The molecule has 1 aromatic heterocycles. The minimum Gasteiger partial charge on any atom is -0.383 e. The monoisotopic (exact) mass is 604 g/mol. The first kappa shape index (κ1) is 31.1. The highest BCUT2D eigenvalue weighted by atomic mass is 35.5. The van der Waals surface area contributed by atoms with Crippen LogP contribution in [-0.4, -0.2) is 40.3 Å². The molecule has 1 fully saturated rings. The summed E-state index contributed by atoms with van der Waals surface area (Å²) in [5, 5.41) is 18.0. The second-order valence-electron chi connectivity index (χ2n) is 11.6. The summed E-state index contributed by atoms with van der Waals surface area (Å²) >= 11 is 6.62. The number of pyridine rings is 1. The van der Waals surface area contributed by atoms with Gasteiger partial charge in [0.1, 0.15) is 6.07 Å². The number of benzene rings is 1. The number of allylic oxidation sites excluding steroid dienone is 2. The van der Waals surface area contributed by atoms with E-state index in [2.05, 4.69) is 44.2 Å². The fraction of sp³-hybridized carbons (Fsp3) is 0.414. The molecule has 1 aliphatic carbocycles. The molecule has 1 saturated carbocycles. The maximum Gasteiger partial charge on any atom is 0.413 e. The van der Waals surface area contributed by atoms with E-state index in [1.54, 1.807) is 32.1 Å². The molecule has 0 bridgehead atoms. The lowest BCUT2D eigenvalue weighted by Crippen LogP contribution is -2.52. The number of hydrogen-bond acceptors (Lipinski definition) is 8. The third-order valence-corrected chi connectivity index (χ3v) is 7.36. The molecule has 4 N–H and O–H groups in total. The Hall–Kier alpha value is -3.82. The summed E-state index contributed by atoms with van der Waals surface area (Å²) in [7, 11) is 0. The number of fused-ring (bicyclic) bond motifs is 1. The van der Waals surface area contributed by atoms with Crippen LogP contribution in [0.25, 0.3) is 10.9 Å². The second kappa shape index (κ2) is 11.5. The molecular formula is C29H33ClF4N8. The molecule has 2 aliphatic rings. The molecular weight excluding hydrogens is 572 g/mol. The first-order chi connectivity index (χ1) is 19.6. The van der Waals surface area contributed by atoms with Crippen molar-refractivity contribution >= 4 is 39.8 Å². The van der Waals surface area contributed by atoms with Crippen molar-refractivity contribution in [2.75, 3.05) is 17.2 Å². The van der Waals surface area contributed by atoms with Gasteiger partial charge in [0.25, 0.3) is 0 Å². The Morgan fingerprint density at radius 3 is 2.60 bits per heavy atom. The number of anilines is 2. The van der Waals surface area contributed by atoms with Crippen LogP contribution < -0.4 is 21.6 Å². The fourth-order valence-electron chi connectivity index (χ4n) is 4.39. The van der Waals surface area contributed by atoms with Crippen molar-refractivity contribution in [1.82, 2.24) is 21.0 Å². The highest BCUT2D eigenvalue weighted by Gasteiger charge is 2.67. The van der Waals surface area contributed by atoms with Crippen molar-refractivity contribution in [3.05, 3.63) is 64.7 Å². The largest absolute Gasteiger partial charge is 0.413 e. The number of hydrazine groups is 2. The van der Waals surface area contributed by atoms with E-state index in [0.717, 1.165) is 5.01 Å². The highest BCUT2D eigenvalue weighted by molar-refractivity contribution is 6.35. The molecule has 13 heteroatoms. The van der Waals surface area contributed by atoms with Crippen LogP contribution in [0.2, 0.25) is 5.02 Å². The molecule has 1 aromatic carbocycles. The topological polar surface area (TPSA) is 100 Å². The predicted molar refractivity (Wildman–Crippen MR) is 158 cm³/mol. The Balaban J connectivity index is 1.78. The van der Waals surface area contributed by atoms with Crippen LogP contribution in [0.5, 0.6) is 0 Å². The highest BCUT2D eigenvalue weighted by Crippen LogP contribution is 2.53. The number of aromatic nitrogens is 1. The van der Waals surface area contributed by atoms with E-state index in [0.29, 0.717) is 40.1 Å². The number of hydrogen-bond donors (Lipinski definition) is 4. The Morgan fingerprint density at radius 2 is 2.02 bits per heavy atom. The molecule has 0 radical (unpaired) electrons. The summed E-state index contributed by atoms with van der Waals surface area (Å²) in [6.45, 7) is 13.9. The molecule has 224 valence electrons. The predicted octanol–water partition coefficient (Wildman–Crippen LogP) is 7.11. The third-order valence-electron chi connectivity index (χ3n) is 7.07. The van der Waals surface area contributed by atoms with E-state index >= 15 is 4.39 Å². The van der Waals surface area contributed by atoms with Crippen LogP contribution in [0.3, 0.4) is 0 Å². The summed E-state index contributed by atoms with van der Waals surface area (Å²) in [5.41, 5.74) is 5.27. The van der Waals surface area contributed by atoms with Crippen molar-refractivity contribution in [3.8, 4) is 6.07 Å². The lowest BCUT2D eigenvalue weighted by Gasteiger charge is -2.28. The van der Waals surface area contributed by atoms with Crippen LogP contribution in [0.1, 0.15) is 53.0 Å². The Kier molecular flexibility index (Phi) is 8.49. The zero-order chi connectivity index (χ0) is 31.0. The van der Waals surface area contributed by atoms with Crippen LogP contribution in [0.15, 0.2) is 59.1 Å². The van der Waals surface area contributed by atoms with Gasteiger partial charge >= 0.3 is 6.18 Å². The number of nitrogens with zero attached hydrogens (tertiary/aromatic N) is 4. The third kappa shape index (κ3) is 6.32. The van der Waals surface area contributed by atoms with E-state index in [4.69, 9.17) is 11.6 Å². The quantitative estimate of drug-likeness (QED) is 0.179. The number of alkyl halides is 3. The summed E-state index contributed by atoms with van der Waals surface area (Å²) in [5.74, 6) is -0.894. The van der Waals surface area contributed by atoms with Gasteiger partial charge in [-0.15, -0.1) is 5.53 Å². The van der Waals surface area contributed by atoms with E-state index < -0.39 is 23.7 Å². The van der Waals surface area contributed by atoms with Gasteiger partial charge in [-0.2, -0.15) is 22.8 Å². The summed E-state index contributed by atoms with van der Waals surface area (Å²) in [6, 6.07) is 4.34. The Labute approximate surface area is 247 Å². The minimum absolute atomic E-state index is 0.0802. The zero-order valence-corrected chi connectivity index (χ0v) is 24.7. The lowest BCUT2D eigenvalue weighted by molar-refractivity contribution is -0.195. The van der Waals surface area contributed by atoms with Gasteiger partial charge in [-0.05, 0) is 44.2 Å². The summed E-state index contributed by atoms with van der Waals surface area (Å²) in [6.07, 6.45) is -0.327. The van der Waals surface area contributed by atoms with Gasteiger partial charge < -0.3 is 16.1 Å². The van der Waals surface area contributed by atoms with Crippen molar-refractivity contribution in [3.63, 3.8) is 0 Å². The van der Waals surface area contributed by atoms with Gasteiger partial charge in [-0.1, -0.05) is 45.0 Å². The Bertz CT molecular complexity index is 1530. The fourth-order valence-corrected chi connectivity index (χ4v) is 4.65. The number of aliphatic imine (C=N–C) groups is 1. The first-order valence-corrected chi connectivity index (χ1v) is 13.7. The standard InChI is InChI=1S/C29H33ClF4N8/c1-7-16(2)38-26(31)17(3)23(22-14-42(41-40-22)28(8-9-28)29(32,33)34)39-19-10-20-24(37-15-27(4,5)6)18(12-35)13-36-25(20)21(30)11-19/h7,10-11,13-14,23,39-41H,3,8-9,15H2,1-2,4-6H3,(H,36,37)/b16-7-,38-26?/t23-/m0/s1. The van der Waals surface area contributed by atoms with Gasteiger partial charge in [0.05, 0.1) is 33.5 Å². The van der Waals surface area contributed by atoms with E-state index in [-0.39, 0.29) is 34.5 Å². The molecule has 2 heterocycles. The summed E-state index contributed by atoms with van der Waals surface area (Å²) in [4.78, 5) is 8.28. The van der Waals surface area contributed by atoms with E-state index in [9.17, 15) is 18.4 Å². The molecule has 0 amide bonds. The normalized spacial score (nSPS) is 17.8. The van der Waals surface area contributed by atoms with Crippen LogP contribution in [0, 0.1) is 16.7 Å². The number of nitrogens with one attached hydrogen (secondary N) is 4. The molecule has 0 saturated heterocycles. The molecule has 4 rings (SSSR count). The van der Waals surface area contributed by atoms with Crippen molar-refractivity contribution < 1.29 is 17.6 Å². The van der Waals surface area contributed by atoms with Crippen LogP contribution >= 0.6 is 11.6 Å². The van der Waals surface area contributed by atoms with E-state index in [1.165, 1.54) is 12.4 Å². The van der Waals surface area contributed by atoms with Gasteiger partial charge in [-0.3, -0.25) is 9.99 Å². The second-order valence-corrected chi connectivity index (χ2v) is 12.0. The summed E-state index contributed by atoms with van der Waals surface area (Å²) < 4.78 is 56.7. The van der Waals surface area contributed by atoms with Crippen molar-refractivity contribution in [2.45, 2.75) is 65.2 Å². The SMILES string of the molecule is C=C(C(F)=N/C(C)=C\C)[C@H](Nc1cc(Cl)c2ncc(C#N)c(NCC(C)(C)C)c2c1)C1=CN(C2(C(F)(F)F)CC2)NN1. The van der Waals surface area contributed by atoms with Gasteiger partial charge in [0.15, 0.2) is 5.54 Å². The maximum atomic E-state index is 15.3. The van der Waals surface area contributed by atoms with Crippen LogP contribution in [-0.2, 0) is 0 Å². The molecule has 0 spiro atoms. The molecule has 2 aromatic rings. The van der Waals surface area contributed by atoms with Gasteiger partial charge in [-0.25, -0.2) is 4.99 Å². The average molecular weight is 605 g/mol. The molecule has 1 aliphatic heterocycles. The Morgan fingerprint density at radius 1 is 1.33 bits per heavy atom. The van der Waals surface area contributed by atoms with Crippen molar-refractivity contribution in [1.29, 1.82) is 5.26 Å². The smallest absolute Gasteiger partial charge is 0.383 e. The molecule has 42 heavy (non-hydrogen) atoms. The van der Waals surface area contributed by atoms with Crippen LogP contribution in [0.4, 0.5) is 28.9 Å². The maximum absolute atomic E-state index is 15.3. The molecule has 1 atom stereocenters. The first-order valence-electron chi connectivity index (χ1n) is 13.3.